The number of nitrogens with one attached hydrogen (secondary N) is 2. The maximum atomic E-state index is 11.8. The van der Waals surface area contributed by atoms with Crippen LogP contribution in [-0.4, -0.2) is 28.3 Å². The lowest BCUT2D eigenvalue weighted by atomic mass is 10.2. The number of carbonyl (C=O) groups is 1. The summed E-state index contributed by atoms with van der Waals surface area (Å²) in [5.41, 5.74) is 0.603. The molecule has 0 bridgehead atoms. The fourth-order valence-corrected chi connectivity index (χ4v) is 1.96. The molecule has 2 N–H and O–H groups in total. The van der Waals surface area contributed by atoms with Crippen LogP contribution in [-0.2, 0) is 11.3 Å². The summed E-state index contributed by atoms with van der Waals surface area (Å²) in [5.74, 6) is 0.0503. The topological polar surface area (TPSA) is 76.0 Å². The lowest BCUT2D eigenvalue weighted by molar-refractivity contribution is -0.119. The van der Waals surface area contributed by atoms with Crippen LogP contribution in [0.3, 0.4) is 0 Å². The monoisotopic (exact) mass is 250 g/mol. The highest BCUT2D eigenvalue weighted by Crippen LogP contribution is 2.08. The zero-order valence-corrected chi connectivity index (χ0v) is 10.5. The fraction of sp³-hybridized carbons (Fsp3) is 0.583. The summed E-state index contributed by atoms with van der Waals surface area (Å²) in [6.45, 7) is 3.33. The summed E-state index contributed by atoms with van der Waals surface area (Å²) in [7, 11) is 0. The van der Waals surface area contributed by atoms with E-state index < -0.39 is 0 Å². The minimum absolute atomic E-state index is 0.0251. The Morgan fingerprint density at radius 2 is 2.39 bits per heavy atom. The molecule has 2 heterocycles. The van der Waals surface area contributed by atoms with Gasteiger partial charge in [0.15, 0.2) is 0 Å². The van der Waals surface area contributed by atoms with Crippen LogP contribution in [0.5, 0.6) is 0 Å². The Labute approximate surface area is 105 Å². The fourth-order valence-electron chi connectivity index (χ4n) is 1.96. The van der Waals surface area contributed by atoms with Crippen molar-refractivity contribution in [2.45, 2.75) is 38.8 Å². The molecule has 1 fully saturated rings. The molecule has 1 amide bonds. The first-order chi connectivity index (χ1) is 8.69. The lowest BCUT2D eigenvalue weighted by Gasteiger charge is -2.11. The van der Waals surface area contributed by atoms with E-state index >= 15 is 0 Å². The number of anilines is 1. The normalized spacial score (nSPS) is 18.7. The Bertz CT molecular complexity index is 483. The maximum absolute atomic E-state index is 11.8. The molecule has 18 heavy (non-hydrogen) atoms. The highest BCUT2D eigenvalue weighted by atomic mass is 16.2. The van der Waals surface area contributed by atoms with E-state index in [1.165, 1.54) is 4.68 Å². The van der Waals surface area contributed by atoms with Gasteiger partial charge >= 0.3 is 0 Å². The highest BCUT2D eigenvalue weighted by molar-refractivity contribution is 5.78. The second-order valence-electron chi connectivity index (χ2n) is 4.49. The van der Waals surface area contributed by atoms with Crippen molar-refractivity contribution in [2.24, 2.45) is 0 Å². The van der Waals surface area contributed by atoms with Crippen LogP contribution in [0.2, 0.25) is 0 Å². The first-order valence-electron chi connectivity index (χ1n) is 6.29. The third kappa shape index (κ3) is 3.09. The van der Waals surface area contributed by atoms with Crippen molar-refractivity contribution in [2.75, 3.05) is 11.9 Å². The summed E-state index contributed by atoms with van der Waals surface area (Å²) in [6.07, 6.45) is 3.95. The van der Waals surface area contributed by atoms with Crippen LogP contribution in [0.25, 0.3) is 0 Å². The van der Waals surface area contributed by atoms with Gasteiger partial charge in [0, 0.05) is 25.1 Å². The van der Waals surface area contributed by atoms with Gasteiger partial charge in [-0.25, -0.2) is 4.68 Å². The Morgan fingerprint density at radius 1 is 1.56 bits per heavy atom. The van der Waals surface area contributed by atoms with Gasteiger partial charge in [-0.15, -0.1) is 0 Å². The third-order valence-electron chi connectivity index (χ3n) is 2.93. The molecule has 0 saturated carbocycles. The summed E-state index contributed by atoms with van der Waals surface area (Å²) in [5, 5.41) is 10.1. The van der Waals surface area contributed by atoms with Crippen molar-refractivity contribution < 1.29 is 4.79 Å². The molecule has 1 aromatic rings. The zero-order valence-electron chi connectivity index (χ0n) is 10.5. The molecule has 98 valence electrons. The first kappa shape index (κ1) is 12.6. The second-order valence-corrected chi connectivity index (χ2v) is 4.49. The molecule has 0 aliphatic carbocycles. The average Bonchev–Trinajstić information content (AvgIpc) is 2.75. The van der Waals surface area contributed by atoms with Gasteiger partial charge in [0.05, 0.1) is 18.4 Å². The van der Waals surface area contributed by atoms with Gasteiger partial charge in [0.1, 0.15) is 0 Å². The van der Waals surface area contributed by atoms with Gasteiger partial charge in [0.25, 0.3) is 5.56 Å². The van der Waals surface area contributed by atoms with Crippen LogP contribution in [0.4, 0.5) is 5.69 Å². The predicted octanol–water partition coefficient (Wildman–Crippen LogP) is 0.344. The van der Waals surface area contributed by atoms with Gasteiger partial charge in [-0.3, -0.25) is 9.59 Å². The molecule has 1 aliphatic rings. The van der Waals surface area contributed by atoms with Crippen LogP contribution in [0.15, 0.2) is 17.1 Å². The molecule has 2 rings (SSSR count). The zero-order chi connectivity index (χ0) is 13.0. The largest absolute Gasteiger partial charge is 0.384 e. The average molecular weight is 250 g/mol. The van der Waals surface area contributed by atoms with E-state index in [0.717, 1.165) is 25.1 Å². The lowest BCUT2D eigenvalue weighted by Crippen LogP contribution is -2.34. The second kappa shape index (κ2) is 5.66. The standard InChI is InChI=1S/C12H18N4O2/c1-2-5-13-10-6-12(18)16(14-7-10)8-9-3-4-11(17)15-9/h6-7,9,13H,2-5,8H2,1H3,(H,15,17). The number of carbonyl (C=O) groups excluding carboxylic acids is 1. The van der Waals surface area contributed by atoms with E-state index in [1.54, 1.807) is 12.3 Å². The van der Waals surface area contributed by atoms with Crippen molar-refractivity contribution in [3.05, 3.63) is 22.6 Å². The van der Waals surface area contributed by atoms with Crippen LogP contribution in [0, 0.1) is 0 Å². The predicted molar refractivity (Wildman–Crippen MR) is 68.4 cm³/mol. The van der Waals surface area contributed by atoms with Crippen LogP contribution in [0.1, 0.15) is 26.2 Å². The molecule has 6 nitrogen and oxygen atoms in total. The van der Waals surface area contributed by atoms with E-state index in [2.05, 4.69) is 22.7 Å². The highest BCUT2D eigenvalue weighted by Gasteiger charge is 2.21. The minimum Gasteiger partial charge on any atom is -0.384 e. The molecule has 1 unspecified atom stereocenters. The molecule has 0 spiro atoms. The van der Waals surface area contributed by atoms with Crippen molar-refractivity contribution in [1.29, 1.82) is 0 Å². The number of hydrogen-bond acceptors (Lipinski definition) is 4. The molecule has 6 heteroatoms. The molecule has 1 atom stereocenters. The molecule has 1 aliphatic heterocycles. The van der Waals surface area contributed by atoms with Crippen molar-refractivity contribution in [1.82, 2.24) is 15.1 Å². The maximum Gasteiger partial charge on any atom is 0.268 e. The quantitative estimate of drug-likeness (QED) is 0.790. The molecule has 1 aromatic heterocycles. The number of amides is 1. The smallest absolute Gasteiger partial charge is 0.268 e. The molecule has 0 radical (unpaired) electrons. The van der Waals surface area contributed by atoms with E-state index in [1.807, 2.05) is 0 Å². The van der Waals surface area contributed by atoms with Crippen LogP contribution < -0.4 is 16.2 Å². The first-order valence-corrected chi connectivity index (χ1v) is 6.29. The van der Waals surface area contributed by atoms with Gasteiger partial charge < -0.3 is 10.6 Å². The number of nitrogens with zero attached hydrogens (tertiary/aromatic N) is 2. The summed E-state index contributed by atoms with van der Waals surface area (Å²) in [4.78, 5) is 22.9. The molecule has 1 saturated heterocycles. The summed E-state index contributed by atoms with van der Waals surface area (Å²) < 4.78 is 1.40. The van der Waals surface area contributed by atoms with E-state index in [9.17, 15) is 9.59 Å². The van der Waals surface area contributed by atoms with Gasteiger partial charge in [-0.2, -0.15) is 5.10 Å². The SMILES string of the molecule is CCCNc1cnn(CC2CCC(=O)N2)c(=O)c1. The molecular weight excluding hydrogens is 232 g/mol. The third-order valence-corrected chi connectivity index (χ3v) is 2.93. The Balaban J connectivity index is 2.01. The van der Waals surface area contributed by atoms with Gasteiger partial charge in [-0.05, 0) is 12.8 Å². The molecule has 0 aromatic carbocycles. The van der Waals surface area contributed by atoms with Gasteiger partial charge in [-0.1, -0.05) is 6.92 Å². The van der Waals surface area contributed by atoms with E-state index in [0.29, 0.717) is 13.0 Å². The van der Waals surface area contributed by atoms with Gasteiger partial charge in [0.2, 0.25) is 5.91 Å². The summed E-state index contributed by atoms with van der Waals surface area (Å²) in [6, 6.07) is 1.57. The number of aromatic nitrogens is 2. The number of rotatable bonds is 5. The Kier molecular flexibility index (Phi) is 3.96. The summed E-state index contributed by atoms with van der Waals surface area (Å²) >= 11 is 0. The molecular formula is C12H18N4O2. The Hall–Kier alpha value is -1.85. The van der Waals surface area contributed by atoms with Crippen LogP contribution >= 0.6 is 0 Å². The van der Waals surface area contributed by atoms with Crippen molar-refractivity contribution >= 4 is 11.6 Å². The van der Waals surface area contributed by atoms with Crippen molar-refractivity contribution in [3.63, 3.8) is 0 Å². The Morgan fingerprint density at radius 3 is 3.00 bits per heavy atom. The van der Waals surface area contributed by atoms with E-state index in [-0.39, 0.29) is 17.5 Å². The minimum atomic E-state index is -0.141. The number of hydrogen-bond donors (Lipinski definition) is 2. The van der Waals surface area contributed by atoms with Crippen molar-refractivity contribution in [3.8, 4) is 0 Å². The van der Waals surface area contributed by atoms with E-state index in [4.69, 9.17) is 0 Å².